The van der Waals surface area contributed by atoms with Gasteiger partial charge in [-0.25, -0.2) is 0 Å². The minimum atomic E-state index is 0.818. The molecule has 0 heterocycles. The molecule has 0 unspecified atom stereocenters. The molecular weight excluding hydrogens is 224 g/mol. The zero-order chi connectivity index (χ0) is 12.3. The first kappa shape index (κ1) is 14.3. The van der Waals surface area contributed by atoms with Crippen molar-refractivity contribution in [2.45, 2.75) is 52.0 Å². The molecule has 1 aromatic carbocycles. The van der Waals surface area contributed by atoms with Gasteiger partial charge in [0.05, 0.1) is 16.1 Å². The number of benzene rings is 1. The molecule has 0 amide bonds. The van der Waals surface area contributed by atoms with Crippen molar-refractivity contribution in [2.24, 2.45) is 0 Å². The first-order valence-electron chi connectivity index (χ1n) is 6.83. The number of rotatable bonds is 9. The van der Waals surface area contributed by atoms with Crippen molar-refractivity contribution >= 4 is 14.7 Å². The van der Waals surface area contributed by atoms with Crippen LogP contribution in [0.25, 0.3) is 0 Å². The van der Waals surface area contributed by atoms with Gasteiger partial charge >= 0.3 is 0 Å². The second-order valence-corrected chi connectivity index (χ2v) is 5.79. The molecule has 2 radical (unpaired) electrons. The van der Waals surface area contributed by atoms with Gasteiger partial charge in [0, 0.05) is 0 Å². The van der Waals surface area contributed by atoms with Crippen LogP contribution in [-0.2, 0) is 0 Å². The molecule has 1 aromatic rings. The molecule has 0 aliphatic carbocycles. The Morgan fingerprint density at radius 2 is 1.71 bits per heavy atom. The molecular formula is C15H24OSi. The van der Waals surface area contributed by atoms with E-state index >= 15 is 0 Å². The summed E-state index contributed by atoms with van der Waals surface area (Å²) in [7, 11) is 0.959. The van der Waals surface area contributed by atoms with Crippen LogP contribution in [0, 0.1) is 0 Å². The van der Waals surface area contributed by atoms with Gasteiger partial charge in [0.2, 0.25) is 0 Å². The molecule has 0 aliphatic heterocycles. The molecule has 1 nitrogen and oxygen atoms in total. The summed E-state index contributed by atoms with van der Waals surface area (Å²) in [4.78, 5) is 0. The van der Waals surface area contributed by atoms with Crippen molar-refractivity contribution in [1.29, 1.82) is 0 Å². The zero-order valence-electron chi connectivity index (χ0n) is 11.2. The average Bonchev–Trinajstić information content (AvgIpc) is 2.37. The van der Waals surface area contributed by atoms with Crippen LogP contribution in [0.15, 0.2) is 24.3 Å². The van der Waals surface area contributed by atoms with E-state index in [1.54, 1.807) is 0 Å². The molecule has 1 rings (SSSR count). The van der Waals surface area contributed by atoms with Crippen LogP contribution in [0.2, 0.25) is 6.04 Å². The lowest BCUT2D eigenvalue weighted by Crippen LogP contribution is -2.12. The smallest absolute Gasteiger partial charge is 0.119 e. The van der Waals surface area contributed by atoms with E-state index < -0.39 is 0 Å². The maximum atomic E-state index is 5.57. The third kappa shape index (κ3) is 6.52. The Morgan fingerprint density at radius 3 is 2.35 bits per heavy atom. The van der Waals surface area contributed by atoms with Crippen molar-refractivity contribution in [1.82, 2.24) is 0 Å². The van der Waals surface area contributed by atoms with E-state index in [0.29, 0.717) is 0 Å². The number of unbranched alkanes of at least 4 members (excludes halogenated alkanes) is 3. The van der Waals surface area contributed by atoms with Crippen LogP contribution in [0.3, 0.4) is 0 Å². The highest BCUT2D eigenvalue weighted by Gasteiger charge is 1.97. The SMILES string of the molecule is CCCCCC[Si]c1ccc(OCCC)cc1. The van der Waals surface area contributed by atoms with Crippen LogP contribution in [0.5, 0.6) is 5.75 Å². The maximum Gasteiger partial charge on any atom is 0.119 e. The lowest BCUT2D eigenvalue weighted by molar-refractivity contribution is 0.317. The Hall–Kier alpha value is -0.763. The fourth-order valence-electron chi connectivity index (χ4n) is 1.67. The second kappa shape index (κ2) is 9.29. The zero-order valence-corrected chi connectivity index (χ0v) is 12.2. The molecule has 0 saturated carbocycles. The van der Waals surface area contributed by atoms with Gasteiger partial charge in [0.15, 0.2) is 0 Å². The summed E-state index contributed by atoms with van der Waals surface area (Å²) in [5, 5.41) is 1.46. The Morgan fingerprint density at radius 1 is 0.941 bits per heavy atom. The molecule has 0 atom stereocenters. The average molecular weight is 248 g/mol. The number of ether oxygens (including phenoxy) is 1. The summed E-state index contributed by atoms with van der Waals surface area (Å²) in [6.07, 6.45) is 6.54. The normalized spacial score (nSPS) is 10.5. The molecule has 0 aliphatic rings. The Labute approximate surface area is 108 Å². The third-order valence-electron chi connectivity index (χ3n) is 2.69. The molecule has 0 aromatic heterocycles. The Bertz CT molecular complexity index is 281. The summed E-state index contributed by atoms with van der Waals surface area (Å²) in [5.74, 6) is 1.01. The Balaban J connectivity index is 2.20. The molecule has 0 saturated heterocycles. The maximum absolute atomic E-state index is 5.57. The number of hydrogen-bond donors (Lipinski definition) is 0. The summed E-state index contributed by atoms with van der Waals surface area (Å²) in [6.45, 7) is 5.21. The monoisotopic (exact) mass is 248 g/mol. The highest BCUT2D eigenvalue weighted by molar-refractivity contribution is 6.53. The minimum absolute atomic E-state index is 0.818. The topological polar surface area (TPSA) is 9.23 Å². The van der Waals surface area contributed by atoms with Crippen LogP contribution >= 0.6 is 0 Å². The Kier molecular flexibility index (Phi) is 7.81. The van der Waals surface area contributed by atoms with Crippen LogP contribution in [0.1, 0.15) is 46.0 Å². The fraction of sp³-hybridized carbons (Fsp3) is 0.600. The summed E-state index contributed by atoms with van der Waals surface area (Å²) < 4.78 is 5.57. The highest BCUT2D eigenvalue weighted by atomic mass is 28.2. The van der Waals surface area contributed by atoms with Gasteiger partial charge in [-0.1, -0.05) is 62.9 Å². The first-order chi connectivity index (χ1) is 8.36. The summed E-state index contributed by atoms with van der Waals surface area (Å²) in [6, 6.07) is 9.97. The van der Waals surface area contributed by atoms with E-state index in [1.807, 2.05) is 0 Å². The molecule has 0 fully saturated rings. The van der Waals surface area contributed by atoms with E-state index in [1.165, 1.54) is 36.9 Å². The van der Waals surface area contributed by atoms with Gasteiger partial charge in [-0.3, -0.25) is 0 Å². The molecule has 94 valence electrons. The van der Waals surface area contributed by atoms with Gasteiger partial charge in [0.1, 0.15) is 5.75 Å². The summed E-state index contributed by atoms with van der Waals surface area (Å²) >= 11 is 0. The van der Waals surface area contributed by atoms with Crippen molar-refractivity contribution in [2.75, 3.05) is 6.61 Å². The number of hydrogen-bond acceptors (Lipinski definition) is 1. The molecule has 17 heavy (non-hydrogen) atoms. The van der Waals surface area contributed by atoms with E-state index in [-0.39, 0.29) is 0 Å². The lowest BCUT2D eigenvalue weighted by atomic mass is 10.2. The van der Waals surface area contributed by atoms with Gasteiger partial charge in [-0.2, -0.15) is 0 Å². The molecule has 0 bridgehead atoms. The molecule has 0 spiro atoms. The van der Waals surface area contributed by atoms with Gasteiger partial charge in [-0.05, 0) is 18.6 Å². The van der Waals surface area contributed by atoms with Gasteiger partial charge in [0.25, 0.3) is 0 Å². The fourth-order valence-corrected chi connectivity index (χ4v) is 2.79. The van der Waals surface area contributed by atoms with Gasteiger partial charge < -0.3 is 4.74 Å². The van der Waals surface area contributed by atoms with Crippen molar-refractivity contribution in [3.63, 3.8) is 0 Å². The van der Waals surface area contributed by atoms with E-state index in [2.05, 4.69) is 38.1 Å². The first-order valence-corrected chi connectivity index (χ1v) is 8.04. The minimum Gasteiger partial charge on any atom is -0.494 e. The second-order valence-electron chi connectivity index (χ2n) is 4.36. The van der Waals surface area contributed by atoms with Crippen LogP contribution in [0.4, 0.5) is 0 Å². The van der Waals surface area contributed by atoms with E-state index in [4.69, 9.17) is 4.74 Å². The standard InChI is InChI=1S/C15H24OSi/c1-3-5-6-7-13-17-15-10-8-14(9-11-15)16-12-4-2/h8-11H,3-7,12-13H2,1-2H3. The van der Waals surface area contributed by atoms with Crippen LogP contribution in [-0.4, -0.2) is 16.1 Å². The third-order valence-corrected chi connectivity index (χ3v) is 4.03. The quantitative estimate of drug-likeness (QED) is 0.477. The van der Waals surface area contributed by atoms with Crippen LogP contribution < -0.4 is 9.92 Å². The predicted octanol–water partition coefficient (Wildman–Crippen LogP) is 3.80. The predicted molar refractivity (Wildman–Crippen MR) is 76.6 cm³/mol. The van der Waals surface area contributed by atoms with Crippen molar-refractivity contribution < 1.29 is 4.74 Å². The van der Waals surface area contributed by atoms with Gasteiger partial charge in [-0.15, -0.1) is 0 Å². The van der Waals surface area contributed by atoms with Crippen molar-refractivity contribution in [3.05, 3.63) is 24.3 Å². The molecule has 0 N–H and O–H groups in total. The van der Waals surface area contributed by atoms with E-state index in [9.17, 15) is 0 Å². The lowest BCUT2D eigenvalue weighted by Gasteiger charge is -2.05. The molecule has 2 heteroatoms. The largest absolute Gasteiger partial charge is 0.494 e. The summed E-state index contributed by atoms with van der Waals surface area (Å²) in [5.41, 5.74) is 0. The van der Waals surface area contributed by atoms with Crippen molar-refractivity contribution in [3.8, 4) is 5.75 Å². The highest BCUT2D eigenvalue weighted by Crippen LogP contribution is 2.08. The van der Waals surface area contributed by atoms with E-state index in [0.717, 1.165) is 28.3 Å².